The van der Waals surface area contributed by atoms with E-state index in [-0.39, 0.29) is 48.5 Å². The van der Waals surface area contributed by atoms with E-state index < -0.39 is 17.6 Å². The Morgan fingerprint density at radius 3 is 2.58 bits per heavy atom. The van der Waals surface area contributed by atoms with Crippen molar-refractivity contribution in [2.75, 3.05) is 18.4 Å². The molecule has 9 heteroatoms. The van der Waals surface area contributed by atoms with Crippen LogP contribution in [0.1, 0.15) is 31.9 Å². The van der Waals surface area contributed by atoms with Gasteiger partial charge in [0.2, 0.25) is 0 Å². The summed E-state index contributed by atoms with van der Waals surface area (Å²) in [6, 6.07) is -0.0697. The molecule has 2 heterocycles. The number of hydrogen-bond donors (Lipinski definition) is 2. The predicted molar refractivity (Wildman–Crippen MR) is 86.1 cm³/mol. The summed E-state index contributed by atoms with van der Waals surface area (Å²) in [5.41, 5.74) is -1.39. The quantitative estimate of drug-likeness (QED) is 0.796. The average Bonchev–Trinajstić information content (AvgIpc) is 2.46. The second-order valence-electron chi connectivity index (χ2n) is 5.71. The molecule has 0 saturated carbocycles. The maximum atomic E-state index is 14.3. The van der Waals surface area contributed by atoms with Gasteiger partial charge in [0.15, 0.2) is 11.6 Å². The van der Waals surface area contributed by atoms with Crippen molar-refractivity contribution < 1.29 is 22.3 Å². The molecule has 1 aromatic rings. The molecule has 1 aliphatic rings. The lowest BCUT2D eigenvalue weighted by molar-refractivity contribution is -0.138. The minimum Gasteiger partial charge on any atom is -0.373 e. The Labute approximate surface area is 144 Å². The first-order valence-corrected chi connectivity index (χ1v) is 7.61. The van der Waals surface area contributed by atoms with Gasteiger partial charge in [0.25, 0.3) is 0 Å². The fourth-order valence-electron chi connectivity index (χ4n) is 2.68. The molecule has 1 fully saturated rings. The molecular weight excluding hydrogens is 350 g/mol. The van der Waals surface area contributed by atoms with Gasteiger partial charge in [-0.15, -0.1) is 12.4 Å². The van der Waals surface area contributed by atoms with Crippen molar-refractivity contribution in [1.82, 2.24) is 10.3 Å². The molecule has 0 radical (unpaired) electrons. The smallest absolute Gasteiger partial charge is 0.373 e. The number of ether oxygens (including phenoxy) is 1. The van der Waals surface area contributed by atoms with Crippen molar-refractivity contribution in [2.45, 2.75) is 51.6 Å². The number of anilines is 1. The second kappa shape index (κ2) is 8.31. The highest BCUT2D eigenvalue weighted by Gasteiger charge is 2.35. The van der Waals surface area contributed by atoms with Crippen molar-refractivity contribution in [3.63, 3.8) is 0 Å². The van der Waals surface area contributed by atoms with E-state index in [0.29, 0.717) is 19.3 Å². The topological polar surface area (TPSA) is 46.2 Å². The second-order valence-corrected chi connectivity index (χ2v) is 5.71. The van der Waals surface area contributed by atoms with Crippen LogP contribution in [0.15, 0.2) is 6.20 Å². The van der Waals surface area contributed by atoms with Gasteiger partial charge in [0.05, 0.1) is 23.8 Å². The van der Waals surface area contributed by atoms with Crippen LogP contribution in [0.2, 0.25) is 0 Å². The Balaban J connectivity index is 0.00000288. The number of aromatic nitrogens is 1. The van der Waals surface area contributed by atoms with Crippen LogP contribution in [0, 0.1) is 5.82 Å². The summed E-state index contributed by atoms with van der Waals surface area (Å²) in [5.74, 6) is -1.11. The molecule has 0 unspecified atom stereocenters. The molecule has 138 valence electrons. The van der Waals surface area contributed by atoms with Gasteiger partial charge in [-0.2, -0.15) is 13.2 Å². The Morgan fingerprint density at radius 1 is 1.38 bits per heavy atom. The van der Waals surface area contributed by atoms with Crippen molar-refractivity contribution in [2.24, 2.45) is 0 Å². The van der Waals surface area contributed by atoms with Crippen LogP contribution in [0.3, 0.4) is 0 Å². The summed E-state index contributed by atoms with van der Waals surface area (Å²) in [4.78, 5) is 3.60. The Hall–Kier alpha value is -1.12. The van der Waals surface area contributed by atoms with Gasteiger partial charge in [0.1, 0.15) is 0 Å². The van der Waals surface area contributed by atoms with E-state index in [0.717, 1.165) is 0 Å². The molecule has 2 N–H and O–H groups in total. The lowest BCUT2D eigenvalue weighted by Gasteiger charge is -2.34. The van der Waals surface area contributed by atoms with Gasteiger partial charge in [-0.1, -0.05) is 6.92 Å². The number of alkyl halides is 3. The van der Waals surface area contributed by atoms with Crippen LogP contribution < -0.4 is 10.6 Å². The predicted octanol–water partition coefficient (Wildman–Crippen LogP) is 3.40. The fourth-order valence-corrected chi connectivity index (χ4v) is 2.68. The molecule has 4 nitrogen and oxygen atoms in total. The maximum Gasteiger partial charge on any atom is 0.418 e. The first-order valence-electron chi connectivity index (χ1n) is 7.61. The fraction of sp³-hybridized carbons (Fsp3) is 0.667. The third-order valence-electron chi connectivity index (χ3n) is 3.95. The molecule has 1 aromatic heterocycles. The lowest BCUT2D eigenvalue weighted by atomic mass is 10.1. The first-order chi connectivity index (χ1) is 10.7. The number of hydrogen-bond acceptors (Lipinski definition) is 4. The zero-order valence-electron chi connectivity index (χ0n) is 13.7. The Bertz CT molecular complexity index is 556. The summed E-state index contributed by atoms with van der Waals surface area (Å²) in [7, 11) is 0. The molecule has 0 spiro atoms. The van der Waals surface area contributed by atoms with Crippen molar-refractivity contribution >= 4 is 18.2 Å². The molecule has 0 aliphatic carbocycles. The lowest BCUT2D eigenvalue weighted by Crippen LogP contribution is -2.53. The summed E-state index contributed by atoms with van der Waals surface area (Å²) < 4.78 is 58.5. The summed E-state index contributed by atoms with van der Waals surface area (Å²) in [6.07, 6.45) is -3.98. The van der Waals surface area contributed by atoms with Crippen molar-refractivity contribution in [3.05, 3.63) is 23.1 Å². The third kappa shape index (κ3) is 4.70. The minimum absolute atomic E-state index is 0. The molecule has 0 bridgehead atoms. The highest BCUT2D eigenvalue weighted by molar-refractivity contribution is 5.85. The molecule has 3 atom stereocenters. The number of nitrogens with zero attached hydrogens (tertiary/aromatic N) is 1. The standard InChI is InChI=1S/C15H21F4N3O.ClH/c1-4-10-11(15(17,18)19)6-21-14(13(10)16)22-7-12-9(3)23-8(2)5-20-12;/h6,8-9,12,20H,4-5,7H2,1-3H3,(H,21,22);1H/t8-,9+,12-;/m1./s1. The highest BCUT2D eigenvalue weighted by atomic mass is 35.5. The van der Waals surface area contributed by atoms with Crippen LogP contribution in [-0.4, -0.2) is 36.3 Å². The normalized spacial score (nSPS) is 24.4. The molecule has 2 rings (SSSR count). The van der Waals surface area contributed by atoms with Gasteiger partial charge in [-0.25, -0.2) is 9.37 Å². The zero-order chi connectivity index (χ0) is 17.2. The maximum absolute atomic E-state index is 14.3. The van der Waals surface area contributed by atoms with E-state index in [2.05, 4.69) is 15.6 Å². The molecule has 0 aromatic carbocycles. The summed E-state index contributed by atoms with van der Waals surface area (Å²) >= 11 is 0. The molecule has 24 heavy (non-hydrogen) atoms. The Kier molecular flexibility index (Phi) is 7.25. The van der Waals surface area contributed by atoms with E-state index in [1.807, 2.05) is 13.8 Å². The number of halogens is 5. The Morgan fingerprint density at radius 2 is 2.04 bits per heavy atom. The summed E-state index contributed by atoms with van der Waals surface area (Å²) in [6.45, 7) is 6.30. The van der Waals surface area contributed by atoms with E-state index >= 15 is 0 Å². The largest absolute Gasteiger partial charge is 0.418 e. The third-order valence-corrected chi connectivity index (χ3v) is 3.95. The minimum atomic E-state index is -4.61. The highest BCUT2D eigenvalue weighted by Crippen LogP contribution is 2.34. The van der Waals surface area contributed by atoms with Crippen molar-refractivity contribution in [3.8, 4) is 0 Å². The number of pyridine rings is 1. The number of nitrogens with one attached hydrogen (secondary N) is 2. The van der Waals surface area contributed by atoms with Crippen LogP contribution in [-0.2, 0) is 17.3 Å². The van der Waals surface area contributed by atoms with Crippen LogP contribution in [0.5, 0.6) is 0 Å². The number of morpholine rings is 1. The summed E-state index contributed by atoms with van der Waals surface area (Å²) in [5, 5.41) is 6.04. The van der Waals surface area contributed by atoms with Gasteiger partial charge >= 0.3 is 6.18 Å². The van der Waals surface area contributed by atoms with Crippen LogP contribution in [0.4, 0.5) is 23.4 Å². The molecule has 1 saturated heterocycles. The van der Waals surface area contributed by atoms with Crippen LogP contribution in [0.25, 0.3) is 0 Å². The van der Waals surface area contributed by atoms with E-state index in [1.165, 1.54) is 6.92 Å². The zero-order valence-corrected chi connectivity index (χ0v) is 14.5. The van der Waals surface area contributed by atoms with Gasteiger partial charge in [-0.3, -0.25) is 0 Å². The molecule has 1 aliphatic heterocycles. The SMILES string of the molecule is CCc1c(C(F)(F)F)cnc(NC[C@H]2NC[C@@H](C)O[C@H]2C)c1F.Cl. The number of rotatable bonds is 4. The van der Waals surface area contributed by atoms with Gasteiger partial charge in [0, 0.05) is 24.8 Å². The monoisotopic (exact) mass is 371 g/mol. The van der Waals surface area contributed by atoms with Crippen LogP contribution >= 0.6 is 12.4 Å². The van der Waals surface area contributed by atoms with E-state index in [4.69, 9.17) is 4.74 Å². The van der Waals surface area contributed by atoms with Crippen molar-refractivity contribution in [1.29, 1.82) is 0 Å². The van der Waals surface area contributed by atoms with Gasteiger partial charge in [-0.05, 0) is 20.3 Å². The van der Waals surface area contributed by atoms with Gasteiger partial charge < -0.3 is 15.4 Å². The van der Waals surface area contributed by atoms with E-state index in [9.17, 15) is 17.6 Å². The average molecular weight is 372 g/mol. The molecular formula is C15H22ClF4N3O. The molecule has 0 amide bonds. The van der Waals surface area contributed by atoms with E-state index in [1.54, 1.807) is 0 Å². The first kappa shape index (κ1) is 20.9.